The van der Waals surface area contributed by atoms with Gasteiger partial charge in [-0.3, -0.25) is 4.79 Å². The van der Waals surface area contributed by atoms with E-state index in [0.29, 0.717) is 20.6 Å². The molecular weight excluding hydrogens is 318 g/mol. The van der Waals surface area contributed by atoms with Crippen LogP contribution in [0.3, 0.4) is 0 Å². The fourth-order valence-electron chi connectivity index (χ4n) is 1.05. The van der Waals surface area contributed by atoms with Crippen LogP contribution in [0.15, 0.2) is 12.1 Å². The van der Waals surface area contributed by atoms with E-state index in [4.69, 9.17) is 21.1 Å². The minimum Gasteiger partial charge on any atom is -0.496 e. The van der Waals surface area contributed by atoms with E-state index in [1.807, 2.05) is 22.6 Å². The average Bonchev–Trinajstić information content (AvgIpc) is 2.16. The molecule has 14 heavy (non-hydrogen) atoms. The Hall–Kier alpha value is -0.490. The van der Waals surface area contributed by atoms with Crippen LogP contribution in [0.5, 0.6) is 11.5 Å². The number of carbonyl (C=O) groups is 1. The van der Waals surface area contributed by atoms with E-state index in [0.717, 1.165) is 0 Å². The van der Waals surface area contributed by atoms with Crippen LogP contribution in [0.4, 0.5) is 0 Å². The van der Waals surface area contributed by atoms with Crippen molar-refractivity contribution in [1.82, 2.24) is 0 Å². The molecule has 0 spiro atoms. The minimum atomic E-state index is -0.551. The molecule has 0 saturated carbocycles. The molecule has 0 fully saturated rings. The molecule has 0 aliphatic heterocycles. The van der Waals surface area contributed by atoms with E-state index in [1.165, 1.54) is 14.2 Å². The number of rotatable bonds is 3. The zero-order chi connectivity index (χ0) is 10.7. The summed E-state index contributed by atoms with van der Waals surface area (Å²) in [4.78, 5) is 11.1. The van der Waals surface area contributed by atoms with E-state index in [1.54, 1.807) is 12.1 Å². The van der Waals surface area contributed by atoms with Crippen LogP contribution in [0.2, 0.25) is 0 Å². The standard InChI is InChI=1S/C9H8ClIO3/c1-13-5-3-4-6(14-2)8(11)7(5)9(10)12/h3-4H,1-2H3. The minimum absolute atomic E-state index is 0.342. The molecule has 0 atom stereocenters. The van der Waals surface area contributed by atoms with Gasteiger partial charge in [-0.25, -0.2) is 0 Å². The fourth-order valence-corrected chi connectivity index (χ4v) is 2.31. The molecule has 0 N–H and O–H groups in total. The van der Waals surface area contributed by atoms with Crippen molar-refractivity contribution in [3.63, 3.8) is 0 Å². The maximum absolute atomic E-state index is 11.1. The molecule has 3 nitrogen and oxygen atoms in total. The third kappa shape index (κ3) is 2.12. The Kier molecular flexibility index (Phi) is 4.00. The molecule has 76 valence electrons. The number of benzene rings is 1. The van der Waals surface area contributed by atoms with E-state index in [2.05, 4.69) is 0 Å². The lowest BCUT2D eigenvalue weighted by molar-refractivity contribution is 0.107. The van der Waals surface area contributed by atoms with Gasteiger partial charge in [-0.2, -0.15) is 0 Å². The summed E-state index contributed by atoms with van der Waals surface area (Å²) in [5.41, 5.74) is 0.342. The van der Waals surface area contributed by atoms with Crippen molar-refractivity contribution in [2.45, 2.75) is 0 Å². The predicted molar refractivity (Wildman–Crippen MR) is 62.4 cm³/mol. The Morgan fingerprint density at radius 2 is 1.79 bits per heavy atom. The molecular formula is C9H8ClIO3. The summed E-state index contributed by atoms with van der Waals surface area (Å²) in [6, 6.07) is 3.38. The van der Waals surface area contributed by atoms with Crippen molar-refractivity contribution in [2.24, 2.45) is 0 Å². The number of hydrogen-bond donors (Lipinski definition) is 0. The summed E-state index contributed by atoms with van der Waals surface area (Å²) in [5.74, 6) is 1.06. The summed E-state index contributed by atoms with van der Waals surface area (Å²) in [6.07, 6.45) is 0. The number of carbonyl (C=O) groups excluding carboxylic acids is 1. The fraction of sp³-hybridized carbons (Fsp3) is 0.222. The lowest BCUT2D eigenvalue weighted by atomic mass is 10.2. The molecule has 0 heterocycles. The predicted octanol–water partition coefficient (Wildman–Crippen LogP) is 2.69. The largest absolute Gasteiger partial charge is 0.496 e. The third-order valence-electron chi connectivity index (χ3n) is 1.70. The van der Waals surface area contributed by atoms with Gasteiger partial charge in [-0.15, -0.1) is 0 Å². The summed E-state index contributed by atoms with van der Waals surface area (Å²) >= 11 is 7.44. The molecule has 1 rings (SSSR count). The zero-order valence-electron chi connectivity index (χ0n) is 7.64. The van der Waals surface area contributed by atoms with Crippen LogP contribution >= 0.6 is 34.2 Å². The highest BCUT2D eigenvalue weighted by Crippen LogP contribution is 2.32. The maximum atomic E-state index is 11.1. The Morgan fingerprint density at radius 1 is 1.29 bits per heavy atom. The smallest absolute Gasteiger partial charge is 0.257 e. The van der Waals surface area contributed by atoms with Gasteiger partial charge in [-0.1, -0.05) is 0 Å². The number of methoxy groups -OCH3 is 2. The Balaban J connectivity index is 3.39. The van der Waals surface area contributed by atoms with Gasteiger partial charge in [-0.05, 0) is 46.3 Å². The second kappa shape index (κ2) is 4.84. The van der Waals surface area contributed by atoms with Crippen molar-refractivity contribution in [2.75, 3.05) is 14.2 Å². The molecule has 0 bridgehead atoms. The molecule has 1 aromatic carbocycles. The second-order valence-corrected chi connectivity index (χ2v) is 3.85. The Labute approximate surface area is 100 Å². The monoisotopic (exact) mass is 326 g/mol. The quantitative estimate of drug-likeness (QED) is 0.633. The molecule has 1 aromatic rings. The van der Waals surface area contributed by atoms with E-state index < -0.39 is 5.24 Å². The van der Waals surface area contributed by atoms with Crippen LogP contribution < -0.4 is 9.47 Å². The van der Waals surface area contributed by atoms with Crippen molar-refractivity contribution in [3.05, 3.63) is 21.3 Å². The van der Waals surface area contributed by atoms with Gasteiger partial charge in [0, 0.05) is 0 Å². The van der Waals surface area contributed by atoms with Crippen LogP contribution in [-0.2, 0) is 0 Å². The highest BCUT2D eigenvalue weighted by Gasteiger charge is 2.17. The van der Waals surface area contributed by atoms with Crippen LogP contribution in [-0.4, -0.2) is 19.5 Å². The Bertz CT molecular complexity index is 365. The van der Waals surface area contributed by atoms with E-state index >= 15 is 0 Å². The summed E-state index contributed by atoms with van der Waals surface area (Å²) < 4.78 is 10.7. The van der Waals surface area contributed by atoms with Gasteiger partial charge in [0.1, 0.15) is 11.5 Å². The third-order valence-corrected chi connectivity index (χ3v) is 2.96. The van der Waals surface area contributed by atoms with Crippen molar-refractivity contribution in [1.29, 1.82) is 0 Å². The summed E-state index contributed by atoms with van der Waals surface area (Å²) in [7, 11) is 3.02. The average molecular weight is 327 g/mol. The van der Waals surface area contributed by atoms with Crippen LogP contribution in [0.1, 0.15) is 10.4 Å². The van der Waals surface area contributed by atoms with Gasteiger partial charge >= 0.3 is 0 Å². The molecule has 0 radical (unpaired) electrons. The highest BCUT2D eigenvalue weighted by atomic mass is 127. The lowest BCUT2D eigenvalue weighted by Crippen LogP contribution is -2.00. The lowest BCUT2D eigenvalue weighted by Gasteiger charge is -2.10. The normalized spacial score (nSPS) is 9.71. The van der Waals surface area contributed by atoms with Gasteiger partial charge < -0.3 is 9.47 Å². The van der Waals surface area contributed by atoms with Crippen molar-refractivity contribution >= 4 is 39.4 Å². The molecule has 0 aliphatic carbocycles. The van der Waals surface area contributed by atoms with Crippen molar-refractivity contribution < 1.29 is 14.3 Å². The van der Waals surface area contributed by atoms with Crippen LogP contribution in [0.25, 0.3) is 0 Å². The molecule has 0 aromatic heterocycles. The first kappa shape index (κ1) is 11.6. The van der Waals surface area contributed by atoms with Gasteiger partial charge in [0.15, 0.2) is 0 Å². The molecule has 0 saturated heterocycles. The molecule has 0 aliphatic rings. The maximum Gasteiger partial charge on any atom is 0.257 e. The SMILES string of the molecule is COc1ccc(OC)c(C(=O)Cl)c1I. The number of hydrogen-bond acceptors (Lipinski definition) is 3. The first-order valence-electron chi connectivity index (χ1n) is 3.72. The Morgan fingerprint density at radius 3 is 2.21 bits per heavy atom. The van der Waals surface area contributed by atoms with Crippen LogP contribution in [0, 0.1) is 3.57 Å². The molecule has 5 heteroatoms. The van der Waals surface area contributed by atoms with Gasteiger partial charge in [0.25, 0.3) is 5.24 Å². The van der Waals surface area contributed by atoms with E-state index in [-0.39, 0.29) is 0 Å². The van der Waals surface area contributed by atoms with E-state index in [9.17, 15) is 4.79 Å². The topological polar surface area (TPSA) is 35.5 Å². The number of halogens is 2. The molecule has 0 amide bonds. The zero-order valence-corrected chi connectivity index (χ0v) is 10.5. The number of ether oxygens (including phenoxy) is 2. The second-order valence-electron chi connectivity index (χ2n) is 2.43. The van der Waals surface area contributed by atoms with Gasteiger partial charge in [0.05, 0.1) is 23.4 Å². The summed E-state index contributed by atoms with van der Waals surface area (Å²) in [6.45, 7) is 0. The summed E-state index contributed by atoms with van der Waals surface area (Å²) in [5, 5.41) is -0.551. The van der Waals surface area contributed by atoms with Crippen molar-refractivity contribution in [3.8, 4) is 11.5 Å². The highest BCUT2D eigenvalue weighted by molar-refractivity contribution is 14.1. The first-order chi connectivity index (χ1) is 6.61. The van der Waals surface area contributed by atoms with Gasteiger partial charge in [0.2, 0.25) is 0 Å². The molecule has 0 unspecified atom stereocenters. The first-order valence-corrected chi connectivity index (χ1v) is 5.17.